The quantitative estimate of drug-likeness (QED) is 0.0757. The van der Waals surface area contributed by atoms with Crippen LogP contribution in [0.15, 0.2) is 219 Å². The highest BCUT2D eigenvalue weighted by Gasteiger charge is 2.27. The van der Waals surface area contributed by atoms with Crippen molar-refractivity contribution in [2.75, 3.05) is 9.80 Å². The molecule has 0 N–H and O–H groups in total. The summed E-state index contributed by atoms with van der Waals surface area (Å²) < 4.78 is 0. The molecule has 0 saturated carbocycles. The monoisotopic (exact) mass is 880 g/mol. The molecule has 0 fully saturated rings. The van der Waals surface area contributed by atoms with Gasteiger partial charge in [0.15, 0.2) is 0 Å². The van der Waals surface area contributed by atoms with E-state index in [1.807, 2.05) is 180 Å². The lowest BCUT2D eigenvalue weighted by molar-refractivity contribution is -0.384. The molecule has 2 aromatic heterocycles. The zero-order valence-electron chi connectivity index (χ0n) is 36.1. The van der Waals surface area contributed by atoms with Crippen LogP contribution >= 0.6 is 0 Å². The first kappa shape index (κ1) is 40.0. The summed E-state index contributed by atoms with van der Waals surface area (Å²) in [6.45, 7) is 0. The molecular weight excluding hydrogens is 845 g/mol. The summed E-state index contributed by atoms with van der Waals surface area (Å²) in [4.78, 5) is 39.3. The molecule has 10 heteroatoms. The molecule has 10 aromatic carbocycles. The van der Waals surface area contributed by atoms with E-state index in [9.17, 15) is 20.2 Å². The number of benzene rings is 10. The Labute approximate surface area is 388 Å². The predicted octanol–water partition coefficient (Wildman–Crippen LogP) is 15.8. The summed E-state index contributed by atoms with van der Waals surface area (Å²) in [5.41, 5.74) is 5.74. The van der Waals surface area contributed by atoms with Crippen LogP contribution in [-0.2, 0) is 0 Å². The van der Waals surface area contributed by atoms with E-state index in [1.165, 1.54) is 0 Å². The van der Waals surface area contributed by atoms with Crippen LogP contribution in [0.25, 0.3) is 76.4 Å². The third-order valence-electron chi connectivity index (χ3n) is 12.8. The fraction of sp³-hybridized carbons (Fsp3) is 0. The van der Waals surface area contributed by atoms with Crippen molar-refractivity contribution < 1.29 is 9.85 Å². The third-order valence-corrected chi connectivity index (χ3v) is 12.8. The van der Waals surface area contributed by atoms with Crippen molar-refractivity contribution in [3.05, 3.63) is 239 Å². The first-order valence-electron chi connectivity index (χ1n) is 22.1. The van der Waals surface area contributed by atoms with Crippen LogP contribution in [0.2, 0.25) is 0 Å². The highest BCUT2D eigenvalue weighted by atomic mass is 16.6. The van der Waals surface area contributed by atoms with E-state index in [4.69, 9.17) is 9.97 Å². The number of nitrogens with zero attached hydrogens (tertiary/aromatic N) is 6. The molecule has 10 nitrogen and oxygen atoms in total. The lowest BCUT2D eigenvalue weighted by Crippen LogP contribution is -2.11. The van der Waals surface area contributed by atoms with E-state index in [0.29, 0.717) is 22.5 Å². The molecule has 0 amide bonds. The molecule has 0 radical (unpaired) electrons. The molecule has 0 bridgehead atoms. The number of rotatable bonds is 10. The van der Waals surface area contributed by atoms with Gasteiger partial charge in [0.25, 0.3) is 11.4 Å². The molecular formula is C58H36N6O4. The van der Waals surface area contributed by atoms with Crippen molar-refractivity contribution in [3.8, 4) is 22.5 Å². The van der Waals surface area contributed by atoms with Gasteiger partial charge in [0.2, 0.25) is 0 Å². The van der Waals surface area contributed by atoms with Gasteiger partial charge in [-0.05, 0) is 102 Å². The molecule has 0 unspecified atom stereocenters. The van der Waals surface area contributed by atoms with E-state index in [2.05, 4.69) is 24.3 Å². The van der Waals surface area contributed by atoms with Gasteiger partial charge in [-0.2, -0.15) is 0 Å². The van der Waals surface area contributed by atoms with Crippen LogP contribution in [0.4, 0.5) is 45.5 Å². The van der Waals surface area contributed by atoms with Gasteiger partial charge in [-0.3, -0.25) is 20.2 Å². The summed E-state index contributed by atoms with van der Waals surface area (Å²) in [5.74, 6) is 0. The largest absolute Gasteiger partial charge is 0.309 e. The number of para-hydroxylation sites is 2. The molecule has 68 heavy (non-hydrogen) atoms. The Morgan fingerprint density at radius 3 is 1.12 bits per heavy atom. The molecule has 0 aliphatic heterocycles. The summed E-state index contributed by atoms with van der Waals surface area (Å²) in [6.07, 6.45) is 3.38. The van der Waals surface area contributed by atoms with E-state index in [-0.39, 0.29) is 32.6 Å². The topological polar surface area (TPSA) is 119 Å². The highest BCUT2D eigenvalue weighted by molar-refractivity contribution is 6.27. The normalized spacial score (nSPS) is 11.5. The van der Waals surface area contributed by atoms with Gasteiger partial charge >= 0.3 is 0 Å². The Balaban J connectivity index is 0.993. The summed E-state index contributed by atoms with van der Waals surface area (Å²) in [7, 11) is 0. The number of aromatic nitrogens is 2. The average Bonchev–Trinajstić information content (AvgIpc) is 3.38. The molecule has 0 aliphatic rings. The van der Waals surface area contributed by atoms with Crippen LogP contribution in [-0.4, -0.2) is 19.8 Å². The summed E-state index contributed by atoms with van der Waals surface area (Å²) in [6, 6.07) is 66.7. The van der Waals surface area contributed by atoms with E-state index >= 15 is 0 Å². The highest BCUT2D eigenvalue weighted by Crippen LogP contribution is 2.47. The van der Waals surface area contributed by atoms with Crippen molar-refractivity contribution in [3.63, 3.8) is 0 Å². The molecule has 12 rings (SSSR count). The van der Waals surface area contributed by atoms with Gasteiger partial charge in [-0.1, -0.05) is 146 Å². The Morgan fingerprint density at radius 1 is 0.338 bits per heavy atom. The minimum Gasteiger partial charge on any atom is -0.309 e. The first-order valence-corrected chi connectivity index (χ1v) is 22.1. The molecule has 0 atom stereocenters. The summed E-state index contributed by atoms with van der Waals surface area (Å²) in [5, 5.41) is 35.6. The fourth-order valence-electron chi connectivity index (χ4n) is 9.72. The van der Waals surface area contributed by atoms with Gasteiger partial charge in [0.05, 0.1) is 33.6 Å². The van der Waals surface area contributed by atoms with Crippen LogP contribution in [0.1, 0.15) is 0 Å². The number of pyridine rings is 2. The van der Waals surface area contributed by atoms with Crippen LogP contribution in [0, 0.1) is 20.2 Å². The third kappa shape index (κ3) is 6.74. The first-order chi connectivity index (χ1) is 33.4. The maximum Gasteiger partial charge on any atom is 0.297 e. The standard InChI is InChI=1S/C58H36N6O4/c65-63(66)53-33-47(61(43-15-3-1-4-16-43)45-25-19-37-11-7-9-13-41(37)31-45)35-59-57(53)51-29-23-39-22-28-50-52(30-24-40-21-27-49(51)55(39)56(40)50)58-54(64(67)68)34-48(36-60-58)62(44-17-5-2-6-18-44)46-26-20-38-12-8-10-14-42(38)32-46/h1-36H. The molecule has 0 saturated heterocycles. The zero-order chi connectivity index (χ0) is 45.9. The maximum absolute atomic E-state index is 13.1. The second kappa shape index (κ2) is 16.2. The number of anilines is 6. The Kier molecular flexibility index (Phi) is 9.51. The van der Waals surface area contributed by atoms with Crippen molar-refractivity contribution in [2.24, 2.45) is 0 Å². The van der Waals surface area contributed by atoms with Gasteiger partial charge < -0.3 is 9.80 Å². The van der Waals surface area contributed by atoms with Crippen molar-refractivity contribution in [1.29, 1.82) is 0 Å². The van der Waals surface area contributed by atoms with Gasteiger partial charge in [0.1, 0.15) is 11.4 Å². The van der Waals surface area contributed by atoms with Gasteiger partial charge in [-0.15, -0.1) is 0 Å². The number of fused-ring (bicyclic) bond motifs is 2. The minimum absolute atomic E-state index is 0.145. The number of hydrogen-bond acceptors (Lipinski definition) is 8. The van der Waals surface area contributed by atoms with Gasteiger partial charge in [-0.25, -0.2) is 9.97 Å². The Hall–Kier alpha value is -9.54. The second-order valence-corrected chi connectivity index (χ2v) is 16.7. The minimum atomic E-state index is -0.376. The second-order valence-electron chi connectivity index (χ2n) is 16.7. The lowest BCUT2D eigenvalue weighted by Gasteiger charge is -2.25. The summed E-state index contributed by atoms with van der Waals surface area (Å²) >= 11 is 0. The maximum atomic E-state index is 13.1. The lowest BCUT2D eigenvalue weighted by atomic mass is 9.88. The van der Waals surface area contributed by atoms with Crippen molar-refractivity contribution >= 4 is 99.4 Å². The van der Waals surface area contributed by atoms with Crippen LogP contribution in [0.3, 0.4) is 0 Å². The Bertz CT molecular complexity index is 3700. The number of nitro groups is 2. The van der Waals surface area contributed by atoms with Crippen LogP contribution in [0.5, 0.6) is 0 Å². The van der Waals surface area contributed by atoms with E-state index < -0.39 is 0 Å². The smallest absolute Gasteiger partial charge is 0.297 e. The average molecular weight is 881 g/mol. The molecule has 322 valence electrons. The molecule has 2 heterocycles. The predicted molar refractivity (Wildman–Crippen MR) is 274 cm³/mol. The van der Waals surface area contributed by atoms with Gasteiger partial charge in [0, 0.05) is 46.0 Å². The SMILES string of the molecule is O=[N+]([O-])c1cc(N(c2ccccc2)c2ccc3ccccc3c2)cnc1-c1ccc2ccc3c(-c4ncc(N(c5ccccc5)c5ccc6ccccc6c5)cc4[N+](=O)[O-])ccc4ccc1c2c43. The fourth-order valence-corrected chi connectivity index (χ4v) is 9.72. The van der Waals surface area contributed by atoms with E-state index in [1.54, 1.807) is 24.5 Å². The van der Waals surface area contributed by atoms with Crippen LogP contribution < -0.4 is 9.80 Å². The molecule has 0 aliphatic carbocycles. The van der Waals surface area contributed by atoms with E-state index in [0.717, 1.165) is 76.6 Å². The van der Waals surface area contributed by atoms with Crippen molar-refractivity contribution in [2.45, 2.75) is 0 Å². The zero-order valence-corrected chi connectivity index (χ0v) is 36.1. The van der Waals surface area contributed by atoms with Crippen molar-refractivity contribution in [1.82, 2.24) is 9.97 Å². The Morgan fingerprint density at radius 2 is 0.706 bits per heavy atom. The molecule has 0 spiro atoms. The number of hydrogen-bond donors (Lipinski definition) is 0. The molecule has 12 aromatic rings.